The van der Waals surface area contributed by atoms with Crippen LogP contribution in [0.4, 0.5) is 0 Å². The summed E-state index contributed by atoms with van der Waals surface area (Å²) in [5.41, 5.74) is 3.52. The van der Waals surface area contributed by atoms with E-state index < -0.39 is 0 Å². The third-order valence-electron chi connectivity index (χ3n) is 5.65. The standard InChI is InChI=1S/C20H24N4O/c1-15-3-2-7-22-18(15)13-24-10-6-20(14-24)11-17(12-20)23-19(25)16-4-8-21-9-5-16/h2-5,7-9,17H,6,10-14H2,1H3,(H,23,25). The van der Waals surface area contributed by atoms with E-state index in [9.17, 15) is 4.79 Å². The van der Waals surface area contributed by atoms with Gasteiger partial charge in [0, 0.05) is 43.3 Å². The molecule has 2 aromatic rings. The highest BCUT2D eigenvalue weighted by Gasteiger charge is 2.48. The van der Waals surface area contributed by atoms with E-state index in [1.54, 1.807) is 24.5 Å². The molecular weight excluding hydrogens is 312 g/mol. The van der Waals surface area contributed by atoms with Crippen LogP contribution in [0.3, 0.4) is 0 Å². The Labute approximate surface area is 148 Å². The number of nitrogens with one attached hydrogen (secondary N) is 1. The number of aromatic nitrogens is 2. The smallest absolute Gasteiger partial charge is 0.251 e. The van der Waals surface area contributed by atoms with Gasteiger partial charge in [-0.15, -0.1) is 0 Å². The number of pyridine rings is 2. The molecule has 4 rings (SSSR count). The summed E-state index contributed by atoms with van der Waals surface area (Å²) in [5.74, 6) is 0.0150. The maximum absolute atomic E-state index is 12.2. The Balaban J connectivity index is 1.29. The van der Waals surface area contributed by atoms with Crippen molar-refractivity contribution >= 4 is 5.91 Å². The highest BCUT2D eigenvalue weighted by Crippen LogP contribution is 2.48. The van der Waals surface area contributed by atoms with E-state index >= 15 is 0 Å². The molecule has 0 aromatic carbocycles. The number of nitrogens with zero attached hydrogens (tertiary/aromatic N) is 3. The maximum Gasteiger partial charge on any atom is 0.251 e. The molecule has 0 radical (unpaired) electrons. The van der Waals surface area contributed by atoms with Crippen LogP contribution in [0.2, 0.25) is 0 Å². The summed E-state index contributed by atoms with van der Waals surface area (Å²) in [5, 5.41) is 3.16. The highest BCUT2D eigenvalue weighted by molar-refractivity contribution is 5.94. The van der Waals surface area contributed by atoms with E-state index in [0.717, 1.165) is 32.5 Å². The zero-order chi connectivity index (χ0) is 17.3. The number of carbonyl (C=O) groups excluding carboxylic acids is 1. The van der Waals surface area contributed by atoms with Crippen LogP contribution < -0.4 is 5.32 Å². The van der Waals surface area contributed by atoms with Gasteiger partial charge < -0.3 is 5.32 Å². The van der Waals surface area contributed by atoms with E-state index in [4.69, 9.17) is 0 Å². The molecule has 5 heteroatoms. The van der Waals surface area contributed by atoms with Crippen LogP contribution in [-0.2, 0) is 6.54 Å². The molecule has 1 spiro atoms. The lowest BCUT2D eigenvalue weighted by molar-refractivity contribution is 0.0693. The van der Waals surface area contributed by atoms with Crippen molar-refractivity contribution in [2.24, 2.45) is 5.41 Å². The molecule has 1 aliphatic carbocycles. The van der Waals surface area contributed by atoms with Gasteiger partial charge in [0.05, 0.1) is 5.69 Å². The number of aryl methyl sites for hydroxylation is 1. The van der Waals surface area contributed by atoms with Crippen LogP contribution in [-0.4, -0.2) is 39.9 Å². The summed E-state index contributed by atoms with van der Waals surface area (Å²) in [7, 11) is 0. The van der Waals surface area contributed by atoms with Crippen LogP contribution in [0.5, 0.6) is 0 Å². The molecule has 1 aliphatic heterocycles. The van der Waals surface area contributed by atoms with Gasteiger partial charge in [-0.1, -0.05) is 6.07 Å². The van der Waals surface area contributed by atoms with Gasteiger partial charge in [0.1, 0.15) is 0 Å². The van der Waals surface area contributed by atoms with Gasteiger partial charge in [0.15, 0.2) is 0 Å². The number of amides is 1. The van der Waals surface area contributed by atoms with Crippen molar-refractivity contribution < 1.29 is 4.79 Å². The van der Waals surface area contributed by atoms with Gasteiger partial charge in [0.25, 0.3) is 5.91 Å². The molecule has 1 saturated heterocycles. The molecule has 3 heterocycles. The number of carbonyl (C=O) groups is 1. The Hall–Kier alpha value is -2.27. The molecule has 2 aromatic heterocycles. The van der Waals surface area contributed by atoms with Crippen molar-refractivity contribution in [3.05, 3.63) is 59.7 Å². The molecule has 0 atom stereocenters. The minimum Gasteiger partial charge on any atom is -0.349 e. The predicted octanol–water partition coefficient (Wildman–Crippen LogP) is 2.57. The van der Waals surface area contributed by atoms with Gasteiger partial charge in [-0.25, -0.2) is 0 Å². The average molecular weight is 336 g/mol. The van der Waals surface area contributed by atoms with Gasteiger partial charge in [-0.2, -0.15) is 0 Å². The first-order valence-corrected chi connectivity index (χ1v) is 8.97. The zero-order valence-electron chi connectivity index (χ0n) is 14.6. The minimum atomic E-state index is 0.0150. The normalized spacial score (nSPS) is 25.7. The molecule has 2 aliphatic rings. The van der Waals surface area contributed by atoms with E-state index in [0.29, 0.717) is 17.0 Å². The molecule has 1 amide bonds. The van der Waals surface area contributed by atoms with Gasteiger partial charge in [-0.3, -0.25) is 19.7 Å². The largest absolute Gasteiger partial charge is 0.349 e. The first kappa shape index (κ1) is 16.2. The number of rotatable bonds is 4. The second kappa shape index (κ2) is 6.56. The summed E-state index contributed by atoms with van der Waals surface area (Å²) in [6, 6.07) is 7.94. The van der Waals surface area contributed by atoms with E-state index in [1.807, 2.05) is 12.3 Å². The number of hydrogen-bond acceptors (Lipinski definition) is 4. The van der Waals surface area contributed by atoms with Crippen LogP contribution in [0, 0.1) is 12.3 Å². The third-order valence-corrected chi connectivity index (χ3v) is 5.65. The number of hydrogen-bond donors (Lipinski definition) is 1. The van der Waals surface area contributed by atoms with Crippen LogP contribution >= 0.6 is 0 Å². The Morgan fingerprint density at radius 2 is 2.08 bits per heavy atom. The Kier molecular flexibility index (Phi) is 4.25. The molecular formula is C20H24N4O. The van der Waals surface area contributed by atoms with Crippen molar-refractivity contribution in [3.63, 3.8) is 0 Å². The Morgan fingerprint density at radius 3 is 2.84 bits per heavy atom. The van der Waals surface area contributed by atoms with E-state index in [2.05, 4.69) is 33.2 Å². The van der Waals surface area contributed by atoms with Gasteiger partial charge >= 0.3 is 0 Å². The summed E-state index contributed by atoms with van der Waals surface area (Å²) in [6.07, 6.45) is 8.59. The fourth-order valence-electron chi connectivity index (χ4n) is 4.25. The van der Waals surface area contributed by atoms with Crippen molar-refractivity contribution in [3.8, 4) is 0 Å². The van der Waals surface area contributed by atoms with E-state index in [-0.39, 0.29) is 5.91 Å². The average Bonchev–Trinajstić information content (AvgIpc) is 3.01. The first-order valence-electron chi connectivity index (χ1n) is 8.97. The van der Waals surface area contributed by atoms with Crippen molar-refractivity contribution in [1.82, 2.24) is 20.2 Å². The fourth-order valence-corrected chi connectivity index (χ4v) is 4.25. The van der Waals surface area contributed by atoms with Crippen LogP contribution in [0.25, 0.3) is 0 Å². The van der Waals surface area contributed by atoms with Crippen molar-refractivity contribution in [2.45, 2.75) is 38.8 Å². The molecule has 2 fully saturated rings. The fraction of sp³-hybridized carbons (Fsp3) is 0.450. The van der Waals surface area contributed by atoms with Gasteiger partial charge in [0.2, 0.25) is 0 Å². The van der Waals surface area contributed by atoms with Crippen LogP contribution in [0.1, 0.15) is 40.9 Å². The zero-order valence-corrected chi connectivity index (χ0v) is 14.6. The first-order chi connectivity index (χ1) is 12.1. The molecule has 1 saturated carbocycles. The van der Waals surface area contributed by atoms with Gasteiger partial charge in [-0.05, 0) is 61.9 Å². The molecule has 1 N–H and O–H groups in total. The topological polar surface area (TPSA) is 58.1 Å². The Bertz CT molecular complexity index is 755. The van der Waals surface area contributed by atoms with Crippen LogP contribution in [0.15, 0.2) is 42.9 Å². The monoisotopic (exact) mass is 336 g/mol. The second-order valence-electron chi connectivity index (χ2n) is 7.54. The predicted molar refractivity (Wildman–Crippen MR) is 96.0 cm³/mol. The minimum absolute atomic E-state index is 0.0150. The second-order valence-corrected chi connectivity index (χ2v) is 7.54. The quantitative estimate of drug-likeness (QED) is 0.932. The maximum atomic E-state index is 12.2. The summed E-state index contributed by atoms with van der Waals surface area (Å²) in [4.78, 5) is 23.2. The lowest BCUT2D eigenvalue weighted by Crippen LogP contribution is -2.51. The summed E-state index contributed by atoms with van der Waals surface area (Å²) in [6.45, 7) is 5.30. The van der Waals surface area contributed by atoms with Crippen molar-refractivity contribution in [1.29, 1.82) is 0 Å². The SMILES string of the molecule is Cc1cccnc1CN1CCC2(CC(NC(=O)c3ccncc3)C2)C1. The molecule has 0 bridgehead atoms. The Morgan fingerprint density at radius 1 is 1.28 bits per heavy atom. The molecule has 5 nitrogen and oxygen atoms in total. The van der Waals surface area contributed by atoms with Crippen molar-refractivity contribution in [2.75, 3.05) is 13.1 Å². The lowest BCUT2D eigenvalue weighted by atomic mass is 9.65. The number of likely N-dealkylation sites (tertiary alicyclic amines) is 1. The third kappa shape index (κ3) is 3.42. The molecule has 25 heavy (non-hydrogen) atoms. The lowest BCUT2D eigenvalue weighted by Gasteiger charge is -2.45. The summed E-state index contributed by atoms with van der Waals surface area (Å²) >= 11 is 0. The van der Waals surface area contributed by atoms with E-state index in [1.165, 1.54) is 17.7 Å². The summed E-state index contributed by atoms with van der Waals surface area (Å²) < 4.78 is 0. The highest BCUT2D eigenvalue weighted by atomic mass is 16.1. The molecule has 0 unspecified atom stereocenters. The molecule has 130 valence electrons.